The highest BCUT2D eigenvalue weighted by Crippen LogP contribution is 2.39. The van der Waals surface area contributed by atoms with Gasteiger partial charge in [-0.3, -0.25) is 19.1 Å². The number of aliphatic hydroxyl groups is 3. The van der Waals surface area contributed by atoms with Crippen LogP contribution in [0.3, 0.4) is 0 Å². The summed E-state index contributed by atoms with van der Waals surface area (Å²) in [6, 6.07) is 8.97. The summed E-state index contributed by atoms with van der Waals surface area (Å²) in [4.78, 5) is 37.6. The maximum absolute atomic E-state index is 12.4. The molecule has 0 spiro atoms. The van der Waals surface area contributed by atoms with Crippen molar-refractivity contribution in [1.29, 1.82) is 0 Å². The molecular weight excluding hydrogens is 344 g/mol. The van der Waals surface area contributed by atoms with Crippen molar-refractivity contribution in [1.82, 2.24) is 9.55 Å². The number of carbonyl (C=O) groups excluding carboxylic acids is 1. The lowest BCUT2D eigenvalue weighted by molar-refractivity contribution is -0.101. The Morgan fingerprint density at radius 2 is 1.92 bits per heavy atom. The van der Waals surface area contributed by atoms with Gasteiger partial charge < -0.3 is 20.1 Å². The number of hydrogen-bond donors (Lipinski definition) is 4. The Morgan fingerprint density at radius 3 is 2.54 bits per heavy atom. The van der Waals surface area contributed by atoms with E-state index < -0.39 is 47.2 Å². The molecule has 1 fully saturated rings. The van der Waals surface area contributed by atoms with E-state index in [-0.39, 0.29) is 5.56 Å². The van der Waals surface area contributed by atoms with Crippen LogP contribution in [-0.2, 0) is 4.74 Å². The summed E-state index contributed by atoms with van der Waals surface area (Å²) in [5, 5.41) is 31.3. The van der Waals surface area contributed by atoms with Crippen LogP contribution in [0, 0.1) is 0 Å². The fourth-order valence-electron chi connectivity index (χ4n) is 2.97. The summed E-state index contributed by atoms with van der Waals surface area (Å²) in [7, 11) is 0. The summed E-state index contributed by atoms with van der Waals surface area (Å²) < 4.78 is 6.35. The van der Waals surface area contributed by atoms with E-state index in [4.69, 9.17) is 4.74 Å². The molecule has 1 unspecified atom stereocenters. The molecule has 138 valence electrons. The van der Waals surface area contributed by atoms with E-state index in [1.54, 1.807) is 18.2 Å². The van der Waals surface area contributed by atoms with E-state index >= 15 is 0 Å². The number of Topliss-reactive ketones (excluding diaryl/α,β-unsaturated/α-hetero) is 1. The molecule has 0 aliphatic carbocycles. The topological polar surface area (TPSA) is 142 Å². The van der Waals surface area contributed by atoms with Gasteiger partial charge in [-0.15, -0.1) is 0 Å². The van der Waals surface area contributed by atoms with Crippen LogP contribution in [-0.4, -0.2) is 54.6 Å². The Hall–Kier alpha value is -2.59. The number of aromatic nitrogens is 2. The molecular formula is C17H18N2O7. The number of ketones is 1. The second kappa shape index (κ2) is 6.61. The predicted octanol–water partition coefficient (Wildman–Crippen LogP) is -1.21. The number of hydrogen-bond acceptors (Lipinski definition) is 7. The maximum Gasteiger partial charge on any atom is 0.330 e. The molecule has 1 aromatic carbocycles. The first-order valence-corrected chi connectivity index (χ1v) is 7.88. The number of aliphatic hydroxyl groups excluding tert-OH is 2. The summed E-state index contributed by atoms with van der Waals surface area (Å²) in [6.07, 6.45) is -5.20. The van der Waals surface area contributed by atoms with Gasteiger partial charge in [0.05, 0.1) is 0 Å². The number of benzene rings is 1. The van der Waals surface area contributed by atoms with Crippen LogP contribution in [0.4, 0.5) is 0 Å². The Labute approximate surface area is 147 Å². The number of nitrogens with one attached hydrogen (secondary N) is 1. The van der Waals surface area contributed by atoms with Crippen molar-refractivity contribution in [2.45, 2.75) is 37.1 Å². The van der Waals surface area contributed by atoms with Gasteiger partial charge in [-0.1, -0.05) is 30.3 Å². The second-order valence-corrected chi connectivity index (χ2v) is 6.32. The molecule has 9 nitrogen and oxygen atoms in total. The standard InChI is InChI=1S/C17H18N2O7/c1-17(25)14(23)13(12(22)11(21)9-5-3-2-4-6-9)26-15(17)19-8-7-10(20)18-16(19)24/h2-8,12-15,22-23,25H,1H3,(H,18,20,24)/t12?,13-,14-,15-,17-/m1/s1. The smallest absolute Gasteiger partial charge is 0.330 e. The number of ether oxygens (including phenoxy) is 1. The van der Waals surface area contributed by atoms with Gasteiger partial charge in [-0.05, 0) is 6.92 Å². The molecule has 4 N–H and O–H groups in total. The van der Waals surface area contributed by atoms with Crippen LogP contribution in [0.2, 0.25) is 0 Å². The van der Waals surface area contributed by atoms with Crippen LogP contribution >= 0.6 is 0 Å². The van der Waals surface area contributed by atoms with Crippen molar-refractivity contribution in [2.24, 2.45) is 0 Å². The Kier molecular flexibility index (Phi) is 4.63. The molecule has 0 bridgehead atoms. The van der Waals surface area contributed by atoms with Crippen molar-refractivity contribution < 1.29 is 24.9 Å². The zero-order valence-corrected chi connectivity index (χ0v) is 13.8. The first-order valence-electron chi connectivity index (χ1n) is 7.88. The molecule has 26 heavy (non-hydrogen) atoms. The minimum atomic E-state index is -2.00. The van der Waals surface area contributed by atoms with Gasteiger partial charge in [0.2, 0.25) is 0 Å². The van der Waals surface area contributed by atoms with Gasteiger partial charge in [0, 0.05) is 17.8 Å². The first-order chi connectivity index (χ1) is 12.2. The molecule has 0 saturated carbocycles. The molecule has 3 rings (SSSR count). The average molecular weight is 362 g/mol. The highest BCUT2D eigenvalue weighted by atomic mass is 16.6. The summed E-state index contributed by atoms with van der Waals surface area (Å²) in [5.74, 6) is -0.695. The van der Waals surface area contributed by atoms with E-state index in [9.17, 15) is 29.7 Å². The lowest BCUT2D eigenvalue weighted by Crippen LogP contribution is -2.49. The normalized spacial score (nSPS) is 29.5. The van der Waals surface area contributed by atoms with Gasteiger partial charge in [-0.25, -0.2) is 4.79 Å². The highest BCUT2D eigenvalue weighted by Gasteiger charge is 2.56. The molecule has 1 aliphatic rings. The number of H-pyrrole nitrogens is 1. The summed E-state index contributed by atoms with van der Waals surface area (Å²) in [6.45, 7) is 1.21. The van der Waals surface area contributed by atoms with Gasteiger partial charge >= 0.3 is 5.69 Å². The van der Waals surface area contributed by atoms with Crippen molar-refractivity contribution in [3.05, 3.63) is 69.0 Å². The zero-order valence-electron chi connectivity index (χ0n) is 13.8. The fraction of sp³-hybridized carbons (Fsp3) is 0.353. The molecule has 1 saturated heterocycles. The van der Waals surface area contributed by atoms with Crippen molar-refractivity contribution in [3.8, 4) is 0 Å². The molecule has 0 radical (unpaired) electrons. The van der Waals surface area contributed by atoms with Gasteiger partial charge in [-0.2, -0.15) is 0 Å². The SMILES string of the molecule is C[C@@]1(O)[C@H](O)[C@@H](C(O)C(=O)c2ccccc2)O[C@H]1n1ccc(=O)[nH]c1=O. The maximum atomic E-state index is 12.4. The third kappa shape index (κ3) is 3.01. The third-order valence-electron chi connectivity index (χ3n) is 4.44. The highest BCUT2D eigenvalue weighted by molar-refractivity contribution is 5.99. The molecule has 5 atom stereocenters. The Morgan fingerprint density at radius 1 is 1.27 bits per heavy atom. The largest absolute Gasteiger partial charge is 0.387 e. The van der Waals surface area contributed by atoms with E-state index in [0.29, 0.717) is 0 Å². The van der Waals surface area contributed by atoms with Crippen LogP contribution in [0.1, 0.15) is 23.5 Å². The van der Waals surface area contributed by atoms with Gasteiger partial charge in [0.25, 0.3) is 5.56 Å². The molecule has 2 heterocycles. The van der Waals surface area contributed by atoms with E-state index in [1.807, 2.05) is 4.98 Å². The van der Waals surface area contributed by atoms with Crippen LogP contribution in [0.5, 0.6) is 0 Å². The lowest BCUT2D eigenvalue weighted by Gasteiger charge is -2.27. The number of carbonyl (C=O) groups is 1. The molecule has 0 amide bonds. The number of nitrogens with zero attached hydrogens (tertiary/aromatic N) is 1. The Balaban J connectivity index is 1.92. The first kappa shape index (κ1) is 18.2. The molecule has 9 heteroatoms. The van der Waals surface area contributed by atoms with Crippen LogP contribution in [0.15, 0.2) is 52.2 Å². The summed E-state index contributed by atoms with van der Waals surface area (Å²) in [5.41, 5.74) is -3.29. The molecule has 1 aromatic heterocycles. The van der Waals surface area contributed by atoms with E-state index in [1.165, 1.54) is 19.1 Å². The lowest BCUT2D eigenvalue weighted by atomic mass is 9.91. The van der Waals surface area contributed by atoms with Crippen molar-refractivity contribution >= 4 is 5.78 Å². The number of aromatic amines is 1. The van der Waals surface area contributed by atoms with Gasteiger partial charge in [0.1, 0.15) is 23.9 Å². The quantitative estimate of drug-likeness (QED) is 0.500. The second-order valence-electron chi connectivity index (χ2n) is 6.32. The zero-order chi connectivity index (χ0) is 19.1. The minimum Gasteiger partial charge on any atom is -0.387 e. The molecule has 1 aliphatic heterocycles. The van der Waals surface area contributed by atoms with E-state index in [0.717, 1.165) is 16.8 Å². The third-order valence-corrected chi connectivity index (χ3v) is 4.44. The van der Waals surface area contributed by atoms with Crippen LogP contribution in [0.25, 0.3) is 0 Å². The molecule has 2 aromatic rings. The summed E-state index contributed by atoms with van der Waals surface area (Å²) >= 11 is 0. The monoisotopic (exact) mass is 362 g/mol. The van der Waals surface area contributed by atoms with E-state index in [2.05, 4.69) is 0 Å². The van der Waals surface area contributed by atoms with Crippen molar-refractivity contribution in [2.75, 3.05) is 0 Å². The van der Waals surface area contributed by atoms with Gasteiger partial charge in [0.15, 0.2) is 12.0 Å². The van der Waals surface area contributed by atoms with Crippen LogP contribution < -0.4 is 11.2 Å². The Bertz CT molecular complexity index is 918. The van der Waals surface area contributed by atoms with Crippen molar-refractivity contribution in [3.63, 3.8) is 0 Å². The fourth-order valence-corrected chi connectivity index (χ4v) is 2.97. The predicted molar refractivity (Wildman–Crippen MR) is 88.6 cm³/mol. The number of rotatable bonds is 4. The average Bonchev–Trinajstić information content (AvgIpc) is 2.85. The minimum absolute atomic E-state index is 0.208.